The third-order valence-electron chi connectivity index (χ3n) is 4.26. The monoisotopic (exact) mass is 419 g/mol. The molecule has 1 N–H and O–H groups in total. The number of aryl methyl sites for hydroxylation is 1. The third-order valence-corrected chi connectivity index (χ3v) is 4.26. The van der Waals surface area contributed by atoms with Crippen LogP contribution in [0, 0.1) is 12.7 Å². The maximum atomic E-state index is 13.8. The Morgan fingerprint density at radius 2 is 1.83 bits per heavy atom. The van der Waals surface area contributed by atoms with Gasteiger partial charge in [-0.15, -0.1) is 0 Å². The first-order valence-corrected chi connectivity index (χ1v) is 8.89. The van der Waals surface area contributed by atoms with Crippen molar-refractivity contribution in [2.24, 2.45) is 0 Å². The average molecular weight is 419 g/mol. The number of hydrogen-bond acceptors (Lipinski definition) is 5. The Morgan fingerprint density at radius 1 is 1.10 bits per heavy atom. The molecule has 5 nitrogen and oxygen atoms in total. The van der Waals surface area contributed by atoms with Crippen molar-refractivity contribution in [2.75, 3.05) is 11.9 Å². The van der Waals surface area contributed by atoms with E-state index in [0.29, 0.717) is 22.4 Å². The van der Waals surface area contributed by atoms with Gasteiger partial charge < -0.3 is 10.1 Å². The van der Waals surface area contributed by atoms with E-state index in [-0.39, 0.29) is 18.2 Å². The summed E-state index contributed by atoms with van der Waals surface area (Å²) < 4.78 is 56.4. The summed E-state index contributed by atoms with van der Waals surface area (Å²) in [5.41, 5.74) is 1.82. The number of carbonyl (C=O) groups is 1. The molecule has 0 fully saturated rings. The second-order valence-corrected chi connectivity index (χ2v) is 6.44. The molecule has 0 aliphatic rings. The van der Waals surface area contributed by atoms with Crippen LogP contribution < -0.4 is 5.32 Å². The van der Waals surface area contributed by atoms with Gasteiger partial charge in [0.2, 0.25) is 0 Å². The molecule has 9 heteroatoms. The van der Waals surface area contributed by atoms with Crippen molar-refractivity contribution in [3.63, 3.8) is 0 Å². The molecule has 0 saturated heterocycles. The highest BCUT2D eigenvalue weighted by Gasteiger charge is 2.42. The highest BCUT2D eigenvalue weighted by Crippen LogP contribution is 2.25. The molecule has 0 bridgehead atoms. The lowest BCUT2D eigenvalue weighted by molar-refractivity contribution is -0.204. The Kier molecular flexibility index (Phi) is 6.29. The standard InChI is InChI=1S/C21H17F4N3O2/c1-13-7-8-15(9-16(13)22)17-10-19(28-12-27-17)26-11-18(14-5-3-2-4-6-14)30-20(29)21(23,24)25/h2-10,12,18H,11H2,1H3,(H,26,27,28)/t18-/m0/s1. The SMILES string of the molecule is Cc1ccc(-c2cc(NC[C@H](OC(=O)C(F)(F)F)c3ccccc3)ncn2)cc1F. The summed E-state index contributed by atoms with van der Waals surface area (Å²) in [5, 5.41) is 2.85. The maximum Gasteiger partial charge on any atom is 0.490 e. The summed E-state index contributed by atoms with van der Waals surface area (Å²) in [6.45, 7) is 1.47. The quantitative estimate of drug-likeness (QED) is 0.457. The predicted octanol–water partition coefficient (Wildman–Crippen LogP) is 4.85. The minimum atomic E-state index is -5.11. The van der Waals surface area contributed by atoms with E-state index in [1.807, 2.05) is 0 Å². The lowest BCUT2D eigenvalue weighted by Gasteiger charge is -2.20. The van der Waals surface area contributed by atoms with Gasteiger partial charge in [-0.2, -0.15) is 13.2 Å². The first kappa shape index (κ1) is 21.2. The van der Waals surface area contributed by atoms with E-state index >= 15 is 0 Å². The van der Waals surface area contributed by atoms with Gasteiger partial charge in [0.05, 0.1) is 12.2 Å². The van der Waals surface area contributed by atoms with Crippen LogP contribution in [0.15, 0.2) is 60.9 Å². The highest BCUT2D eigenvalue weighted by molar-refractivity contribution is 5.76. The minimum absolute atomic E-state index is 0.162. The summed E-state index contributed by atoms with van der Waals surface area (Å²) in [4.78, 5) is 19.4. The fraction of sp³-hybridized carbons (Fsp3) is 0.190. The number of nitrogens with zero attached hydrogens (tertiary/aromatic N) is 2. The van der Waals surface area contributed by atoms with Crippen molar-refractivity contribution in [1.82, 2.24) is 9.97 Å². The number of esters is 1. The largest absolute Gasteiger partial charge is 0.490 e. The van der Waals surface area contributed by atoms with Gasteiger partial charge >= 0.3 is 12.1 Å². The summed E-state index contributed by atoms with van der Waals surface area (Å²) in [6.07, 6.45) is -5.06. The molecule has 0 aliphatic carbocycles. The lowest BCUT2D eigenvalue weighted by Crippen LogP contribution is -2.29. The van der Waals surface area contributed by atoms with E-state index < -0.39 is 18.2 Å². The van der Waals surface area contributed by atoms with Crippen molar-refractivity contribution in [3.8, 4) is 11.3 Å². The zero-order chi connectivity index (χ0) is 21.7. The number of anilines is 1. The van der Waals surface area contributed by atoms with Crippen LogP contribution >= 0.6 is 0 Å². The molecular weight excluding hydrogens is 402 g/mol. The van der Waals surface area contributed by atoms with Gasteiger partial charge in [-0.05, 0) is 24.1 Å². The number of ether oxygens (including phenoxy) is 1. The molecule has 2 aromatic carbocycles. The van der Waals surface area contributed by atoms with Crippen LogP contribution in [-0.2, 0) is 9.53 Å². The van der Waals surface area contributed by atoms with E-state index in [4.69, 9.17) is 0 Å². The van der Waals surface area contributed by atoms with Crippen LogP contribution in [0.3, 0.4) is 0 Å². The van der Waals surface area contributed by atoms with Gasteiger partial charge in [0, 0.05) is 11.6 Å². The fourth-order valence-corrected chi connectivity index (χ4v) is 2.65. The van der Waals surface area contributed by atoms with Crippen molar-refractivity contribution in [1.29, 1.82) is 0 Å². The summed E-state index contributed by atoms with van der Waals surface area (Å²) >= 11 is 0. The number of halogens is 4. The van der Waals surface area contributed by atoms with Crippen LogP contribution in [0.25, 0.3) is 11.3 Å². The minimum Gasteiger partial charge on any atom is -0.449 e. The first-order chi connectivity index (χ1) is 14.2. The Hall–Kier alpha value is -3.49. The van der Waals surface area contributed by atoms with E-state index in [1.165, 1.54) is 18.5 Å². The normalized spacial score (nSPS) is 12.3. The second kappa shape index (κ2) is 8.89. The molecule has 0 amide bonds. The molecule has 30 heavy (non-hydrogen) atoms. The molecule has 0 saturated carbocycles. The van der Waals surface area contributed by atoms with Gasteiger partial charge in [0.1, 0.15) is 24.1 Å². The maximum absolute atomic E-state index is 13.8. The van der Waals surface area contributed by atoms with Gasteiger partial charge in [-0.1, -0.05) is 42.5 Å². The zero-order valence-electron chi connectivity index (χ0n) is 15.8. The number of benzene rings is 2. The van der Waals surface area contributed by atoms with Crippen molar-refractivity contribution < 1.29 is 27.1 Å². The van der Waals surface area contributed by atoms with Gasteiger partial charge in [-0.3, -0.25) is 0 Å². The van der Waals surface area contributed by atoms with E-state index in [1.54, 1.807) is 49.4 Å². The van der Waals surface area contributed by atoms with E-state index in [9.17, 15) is 22.4 Å². The second-order valence-electron chi connectivity index (χ2n) is 6.44. The third kappa shape index (κ3) is 5.31. The molecule has 0 spiro atoms. The smallest absolute Gasteiger partial charge is 0.449 e. The molecule has 1 heterocycles. The van der Waals surface area contributed by atoms with E-state index in [2.05, 4.69) is 20.0 Å². The zero-order valence-corrected chi connectivity index (χ0v) is 15.8. The summed E-state index contributed by atoms with van der Waals surface area (Å²) in [5.74, 6) is -2.38. The molecule has 1 atom stereocenters. The lowest BCUT2D eigenvalue weighted by atomic mass is 10.1. The first-order valence-electron chi connectivity index (χ1n) is 8.89. The number of hydrogen-bond donors (Lipinski definition) is 1. The highest BCUT2D eigenvalue weighted by atomic mass is 19.4. The molecular formula is C21H17F4N3O2. The molecule has 3 rings (SSSR count). The average Bonchev–Trinajstić information content (AvgIpc) is 2.73. The predicted molar refractivity (Wildman–Crippen MR) is 102 cm³/mol. The van der Waals surface area contributed by atoms with Crippen molar-refractivity contribution >= 4 is 11.8 Å². The Balaban J connectivity index is 1.78. The van der Waals surface area contributed by atoms with Crippen LogP contribution in [0.2, 0.25) is 0 Å². The van der Waals surface area contributed by atoms with Gasteiger partial charge in [0.25, 0.3) is 0 Å². The number of rotatable bonds is 6. The Bertz CT molecular complexity index is 1030. The van der Waals surface area contributed by atoms with Crippen LogP contribution in [0.4, 0.5) is 23.4 Å². The molecule has 0 aliphatic heterocycles. The topological polar surface area (TPSA) is 64.1 Å². The van der Waals surface area contributed by atoms with Crippen molar-refractivity contribution in [2.45, 2.75) is 19.2 Å². The van der Waals surface area contributed by atoms with Crippen LogP contribution in [-0.4, -0.2) is 28.7 Å². The summed E-state index contributed by atoms with van der Waals surface area (Å²) in [6, 6.07) is 14.2. The molecule has 0 unspecified atom stereocenters. The van der Waals surface area contributed by atoms with Crippen molar-refractivity contribution in [3.05, 3.63) is 77.9 Å². The molecule has 3 aromatic rings. The number of aromatic nitrogens is 2. The molecule has 1 aromatic heterocycles. The van der Waals surface area contributed by atoms with E-state index in [0.717, 1.165) is 0 Å². The fourth-order valence-electron chi connectivity index (χ4n) is 2.65. The number of carbonyl (C=O) groups excluding carboxylic acids is 1. The molecule has 156 valence electrons. The Labute approximate surface area is 169 Å². The summed E-state index contributed by atoms with van der Waals surface area (Å²) in [7, 11) is 0. The van der Waals surface area contributed by atoms with Gasteiger partial charge in [-0.25, -0.2) is 19.2 Å². The number of alkyl halides is 3. The molecule has 0 radical (unpaired) electrons. The number of nitrogens with one attached hydrogen (secondary N) is 1. The van der Waals surface area contributed by atoms with Crippen LogP contribution in [0.5, 0.6) is 0 Å². The van der Waals surface area contributed by atoms with Gasteiger partial charge in [0.15, 0.2) is 0 Å². The Morgan fingerprint density at radius 3 is 2.50 bits per heavy atom. The van der Waals surface area contributed by atoms with Crippen LogP contribution in [0.1, 0.15) is 17.2 Å².